The van der Waals surface area contributed by atoms with Gasteiger partial charge in [-0.25, -0.2) is 0 Å². The molecule has 2 aliphatic rings. The number of aliphatic hydroxyl groups is 1. The highest BCUT2D eigenvalue weighted by Gasteiger charge is 2.29. The van der Waals surface area contributed by atoms with E-state index in [1.807, 2.05) is 35.2 Å². The van der Waals surface area contributed by atoms with Crippen molar-refractivity contribution in [2.45, 2.75) is 37.8 Å². The van der Waals surface area contributed by atoms with Crippen molar-refractivity contribution < 1.29 is 9.90 Å². The predicted octanol–water partition coefficient (Wildman–Crippen LogP) is 2.13. The van der Waals surface area contributed by atoms with Gasteiger partial charge in [-0.05, 0) is 37.2 Å². The first-order chi connectivity index (χ1) is 10.2. The Morgan fingerprint density at radius 3 is 2.41 bits per heavy atom. The first-order valence-electron chi connectivity index (χ1n) is 7.98. The summed E-state index contributed by atoms with van der Waals surface area (Å²) in [6.07, 6.45) is 3.77. The van der Waals surface area contributed by atoms with E-state index in [0.717, 1.165) is 31.5 Å². The number of nitrogens with zero attached hydrogens (tertiary/aromatic N) is 1. The molecule has 4 nitrogen and oxygen atoms in total. The Kier molecular flexibility index (Phi) is 6.24. The van der Waals surface area contributed by atoms with Crippen molar-refractivity contribution in [2.24, 2.45) is 5.92 Å². The largest absolute Gasteiger partial charge is 0.388 e. The van der Waals surface area contributed by atoms with Gasteiger partial charge in [0.15, 0.2) is 0 Å². The van der Waals surface area contributed by atoms with Gasteiger partial charge in [0, 0.05) is 19.1 Å². The van der Waals surface area contributed by atoms with Crippen molar-refractivity contribution in [2.75, 3.05) is 19.6 Å². The highest BCUT2D eigenvalue weighted by Crippen LogP contribution is 2.30. The predicted molar refractivity (Wildman–Crippen MR) is 89.0 cm³/mol. The molecule has 0 bridgehead atoms. The Hall–Kier alpha value is -1.10. The topological polar surface area (TPSA) is 52.6 Å². The van der Waals surface area contributed by atoms with E-state index in [9.17, 15) is 9.90 Å². The van der Waals surface area contributed by atoms with Crippen LogP contribution in [0.3, 0.4) is 0 Å². The standard InChI is InChI=1S/C17H24N2O2.ClH/c20-16(12-18-15-6-7-15)19-10-8-14(9-11-19)17(21)13-4-2-1-3-5-13;/h1-5,14-15,17-18,21H,6-12H2;1H. The van der Waals surface area contributed by atoms with Crippen LogP contribution in [-0.2, 0) is 4.79 Å². The molecule has 1 saturated heterocycles. The van der Waals surface area contributed by atoms with Crippen molar-refractivity contribution >= 4 is 18.3 Å². The summed E-state index contributed by atoms with van der Waals surface area (Å²) in [5.74, 6) is 0.461. The van der Waals surface area contributed by atoms with Crippen LogP contribution in [0.1, 0.15) is 37.4 Å². The summed E-state index contributed by atoms with van der Waals surface area (Å²) in [7, 11) is 0. The normalized spacial score (nSPS) is 20.3. The zero-order valence-electron chi connectivity index (χ0n) is 12.8. The third kappa shape index (κ3) is 4.45. The smallest absolute Gasteiger partial charge is 0.236 e. The molecule has 2 fully saturated rings. The van der Waals surface area contributed by atoms with Gasteiger partial charge in [0.1, 0.15) is 0 Å². The maximum atomic E-state index is 12.1. The summed E-state index contributed by atoms with van der Waals surface area (Å²) in [5.41, 5.74) is 0.984. The maximum absolute atomic E-state index is 12.1. The van der Waals surface area contributed by atoms with Gasteiger partial charge < -0.3 is 15.3 Å². The van der Waals surface area contributed by atoms with E-state index in [1.54, 1.807) is 0 Å². The lowest BCUT2D eigenvalue weighted by atomic mass is 9.87. The minimum absolute atomic E-state index is 0. The molecular formula is C17H25ClN2O2. The summed E-state index contributed by atoms with van der Waals surface area (Å²) in [6, 6.07) is 10.4. The van der Waals surface area contributed by atoms with E-state index in [2.05, 4.69) is 5.32 Å². The second-order valence-electron chi connectivity index (χ2n) is 6.23. The minimum Gasteiger partial charge on any atom is -0.388 e. The van der Waals surface area contributed by atoms with Crippen molar-refractivity contribution in [1.82, 2.24) is 10.2 Å². The molecule has 122 valence electrons. The molecule has 1 aromatic carbocycles. The molecule has 1 unspecified atom stereocenters. The number of hydrogen-bond acceptors (Lipinski definition) is 3. The fourth-order valence-electron chi connectivity index (χ4n) is 3.02. The van der Waals surface area contributed by atoms with Crippen molar-refractivity contribution in [3.8, 4) is 0 Å². The third-order valence-electron chi connectivity index (χ3n) is 4.60. The number of hydrogen-bond donors (Lipinski definition) is 2. The Bertz CT molecular complexity index is 471. The number of carbonyl (C=O) groups is 1. The molecule has 0 spiro atoms. The first kappa shape index (κ1) is 17.3. The van der Waals surface area contributed by atoms with Gasteiger partial charge in [-0.2, -0.15) is 0 Å². The number of amides is 1. The molecule has 2 N–H and O–H groups in total. The van der Waals surface area contributed by atoms with Crippen molar-refractivity contribution in [3.05, 3.63) is 35.9 Å². The summed E-state index contributed by atoms with van der Waals surface area (Å²) < 4.78 is 0. The van der Waals surface area contributed by atoms with Gasteiger partial charge in [-0.15, -0.1) is 12.4 Å². The second-order valence-corrected chi connectivity index (χ2v) is 6.23. The van der Waals surface area contributed by atoms with Crippen LogP contribution in [0.5, 0.6) is 0 Å². The quantitative estimate of drug-likeness (QED) is 0.872. The zero-order chi connectivity index (χ0) is 14.7. The van der Waals surface area contributed by atoms with Crippen LogP contribution in [-0.4, -0.2) is 41.6 Å². The van der Waals surface area contributed by atoms with E-state index in [-0.39, 0.29) is 24.2 Å². The van der Waals surface area contributed by atoms with Crippen LogP contribution in [0.2, 0.25) is 0 Å². The van der Waals surface area contributed by atoms with E-state index >= 15 is 0 Å². The van der Waals surface area contributed by atoms with Crippen LogP contribution >= 0.6 is 12.4 Å². The number of benzene rings is 1. The number of halogens is 1. The number of carbonyl (C=O) groups excluding carboxylic acids is 1. The maximum Gasteiger partial charge on any atom is 0.236 e. The second kappa shape index (κ2) is 7.95. The molecule has 22 heavy (non-hydrogen) atoms. The summed E-state index contributed by atoms with van der Waals surface area (Å²) >= 11 is 0. The van der Waals surface area contributed by atoms with Crippen molar-refractivity contribution in [1.29, 1.82) is 0 Å². The molecule has 1 aromatic rings. The van der Waals surface area contributed by atoms with Crippen molar-refractivity contribution in [3.63, 3.8) is 0 Å². The highest BCUT2D eigenvalue weighted by molar-refractivity contribution is 5.85. The lowest BCUT2D eigenvalue weighted by molar-refractivity contribution is -0.132. The average Bonchev–Trinajstić information content (AvgIpc) is 3.37. The van der Waals surface area contributed by atoms with E-state index in [1.165, 1.54) is 12.8 Å². The summed E-state index contributed by atoms with van der Waals surface area (Å²) in [6.45, 7) is 2.00. The van der Waals surface area contributed by atoms with Crippen LogP contribution in [0.15, 0.2) is 30.3 Å². The SMILES string of the molecule is Cl.O=C(CNC1CC1)N1CCC(C(O)c2ccccc2)CC1. The zero-order valence-corrected chi connectivity index (χ0v) is 13.6. The number of aliphatic hydroxyl groups excluding tert-OH is 1. The molecular weight excluding hydrogens is 300 g/mol. The van der Waals surface area contributed by atoms with Crippen LogP contribution in [0, 0.1) is 5.92 Å². The van der Waals surface area contributed by atoms with Crippen LogP contribution < -0.4 is 5.32 Å². The molecule has 5 heteroatoms. The fourth-order valence-corrected chi connectivity index (χ4v) is 3.02. The molecule has 1 heterocycles. The molecule has 1 aliphatic heterocycles. The summed E-state index contributed by atoms with van der Waals surface area (Å²) in [4.78, 5) is 14.0. The summed E-state index contributed by atoms with van der Waals surface area (Å²) in [5, 5.41) is 13.7. The Balaban J connectivity index is 0.00000176. The van der Waals surface area contributed by atoms with Gasteiger partial charge >= 0.3 is 0 Å². The lowest BCUT2D eigenvalue weighted by Crippen LogP contribution is -2.44. The monoisotopic (exact) mass is 324 g/mol. The molecule has 1 amide bonds. The van der Waals surface area contributed by atoms with E-state index < -0.39 is 6.10 Å². The average molecular weight is 325 g/mol. The van der Waals surface area contributed by atoms with Crippen LogP contribution in [0.25, 0.3) is 0 Å². The Morgan fingerprint density at radius 2 is 1.82 bits per heavy atom. The van der Waals surface area contributed by atoms with Gasteiger partial charge in [-0.1, -0.05) is 30.3 Å². The van der Waals surface area contributed by atoms with Gasteiger partial charge in [0.25, 0.3) is 0 Å². The lowest BCUT2D eigenvalue weighted by Gasteiger charge is -2.34. The van der Waals surface area contributed by atoms with E-state index in [0.29, 0.717) is 12.6 Å². The molecule has 0 aromatic heterocycles. The highest BCUT2D eigenvalue weighted by atomic mass is 35.5. The first-order valence-corrected chi connectivity index (χ1v) is 7.98. The molecule has 1 atom stereocenters. The van der Waals surface area contributed by atoms with Gasteiger partial charge in [0.05, 0.1) is 12.6 Å². The molecule has 1 aliphatic carbocycles. The number of rotatable bonds is 5. The number of piperidine rings is 1. The molecule has 3 rings (SSSR count). The Morgan fingerprint density at radius 1 is 1.18 bits per heavy atom. The Labute approximate surface area is 138 Å². The van der Waals surface area contributed by atoms with Gasteiger partial charge in [-0.3, -0.25) is 4.79 Å². The van der Waals surface area contributed by atoms with Gasteiger partial charge in [0.2, 0.25) is 5.91 Å². The van der Waals surface area contributed by atoms with Crippen LogP contribution in [0.4, 0.5) is 0 Å². The van der Waals surface area contributed by atoms with E-state index in [4.69, 9.17) is 0 Å². The minimum atomic E-state index is -0.409. The third-order valence-corrected chi connectivity index (χ3v) is 4.60. The molecule has 1 saturated carbocycles. The molecule has 0 radical (unpaired) electrons. The number of likely N-dealkylation sites (tertiary alicyclic amines) is 1. The fraction of sp³-hybridized carbons (Fsp3) is 0.588. The number of nitrogens with one attached hydrogen (secondary N) is 1.